The highest BCUT2D eigenvalue weighted by atomic mass is 16.5. The van der Waals surface area contributed by atoms with Gasteiger partial charge in [0.2, 0.25) is 0 Å². The highest BCUT2D eigenvalue weighted by Gasteiger charge is 2.27. The number of nitrogens with one attached hydrogen (secondary N) is 1. The van der Waals surface area contributed by atoms with E-state index >= 15 is 0 Å². The molecule has 0 amide bonds. The summed E-state index contributed by atoms with van der Waals surface area (Å²) in [5.41, 5.74) is 6.01. The van der Waals surface area contributed by atoms with E-state index in [9.17, 15) is 4.79 Å². The van der Waals surface area contributed by atoms with Crippen molar-refractivity contribution in [1.82, 2.24) is 14.6 Å². The number of aromatic nitrogens is 3. The molecule has 0 saturated carbocycles. The van der Waals surface area contributed by atoms with E-state index in [4.69, 9.17) is 19.6 Å². The van der Waals surface area contributed by atoms with E-state index in [-0.39, 0.29) is 0 Å². The van der Waals surface area contributed by atoms with E-state index in [1.807, 2.05) is 23.6 Å². The van der Waals surface area contributed by atoms with Crippen LogP contribution >= 0.6 is 0 Å². The zero-order chi connectivity index (χ0) is 22.1. The summed E-state index contributed by atoms with van der Waals surface area (Å²) >= 11 is 0. The van der Waals surface area contributed by atoms with Crippen molar-refractivity contribution in [3.05, 3.63) is 40.7 Å². The first-order chi connectivity index (χ1) is 15.0. The molecule has 1 aliphatic carbocycles. The predicted octanol–water partition coefficient (Wildman–Crippen LogP) is 4.59. The lowest BCUT2D eigenvalue weighted by Gasteiger charge is -2.20. The van der Waals surface area contributed by atoms with E-state index in [1.54, 1.807) is 13.2 Å². The normalized spacial score (nSPS) is 13.0. The number of hydrogen-bond acceptors (Lipinski definition) is 6. The Hall–Kier alpha value is -3.09. The minimum atomic E-state index is -0.413. The van der Waals surface area contributed by atoms with Crippen LogP contribution in [0.3, 0.4) is 0 Å². The number of esters is 1. The molecule has 0 radical (unpaired) electrons. The second-order valence-electron chi connectivity index (χ2n) is 8.00. The Labute approximate surface area is 182 Å². The van der Waals surface area contributed by atoms with Crippen LogP contribution in [0.5, 0.6) is 5.75 Å². The van der Waals surface area contributed by atoms with Gasteiger partial charge in [-0.25, -0.2) is 9.78 Å². The fourth-order valence-corrected chi connectivity index (χ4v) is 4.43. The van der Waals surface area contributed by atoms with Gasteiger partial charge in [0.15, 0.2) is 5.65 Å². The van der Waals surface area contributed by atoms with Crippen molar-refractivity contribution in [2.24, 2.45) is 0 Å². The van der Waals surface area contributed by atoms with E-state index in [1.165, 1.54) is 12.7 Å². The maximum Gasteiger partial charge on any atom is 0.338 e. The summed E-state index contributed by atoms with van der Waals surface area (Å²) in [6.07, 6.45) is 5.13. The molecule has 0 fully saturated rings. The Kier molecular flexibility index (Phi) is 5.85. The third kappa shape index (κ3) is 3.62. The SMILES string of the molecule is CCC(CC)Nc1c2c(nc3c(-c4ccc(OC)cc4C(=O)OC)c(C)nn13)CCC2. The lowest BCUT2D eigenvalue weighted by Crippen LogP contribution is -2.21. The number of benzene rings is 1. The standard InChI is InChI=1S/C24H30N4O3/c1-6-15(7-2)25-22-18-9-8-10-20(18)26-23-21(14(3)27-28(22)23)17-12-11-16(30-4)13-19(17)24(29)31-5/h11-13,15,25H,6-10H2,1-5H3. The smallest absolute Gasteiger partial charge is 0.338 e. The first-order valence-electron chi connectivity index (χ1n) is 11.0. The summed E-state index contributed by atoms with van der Waals surface area (Å²) in [4.78, 5) is 17.6. The van der Waals surface area contributed by atoms with Gasteiger partial charge in [-0.1, -0.05) is 13.8 Å². The average molecular weight is 423 g/mol. The number of fused-ring (bicyclic) bond motifs is 2. The number of anilines is 1. The molecule has 1 aliphatic rings. The number of carbonyl (C=O) groups excluding carboxylic acids is 1. The summed E-state index contributed by atoms with van der Waals surface area (Å²) < 4.78 is 12.3. The van der Waals surface area contributed by atoms with Crippen LogP contribution in [-0.4, -0.2) is 40.8 Å². The molecular weight excluding hydrogens is 392 g/mol. The highest BCUT2D eigenvalue weighted by Crippen LogP contribution is 2.37. The van der Waals surface area contributed by atoms with Gasteiger partial charge < -0.3 is 14.8 Å². The number of hydrogen-bond donors (Lipinski definition) is 1. The molecule has 0 saturated heterocycles. The molecule has 4 rings (SSSR count). The molecule has 2 aromatic heterocycles. The first-order valence-corrected chi connectivity index (χ1v) is 11.0. The van der Waals surface area contributed by atoms with Crippen molar-refractivity contribution in [3.63, 3.8) is 0 Å². The lowest BCUT2D eigenvalue weighted by atomic mass is 9.99. The van der Waals surface area contributed by atoms with Crippen molar-refractivity contribution in [3.8, 4) is 16.9 Å². The molecule has 0 spiro atoms. The Morgan fingerprint density at radius 1 is 1.23 bits per heavy atom. The average Bonchev–Trinajstić information content (AvgIpc) is 3.39. The van der Waals surface area contributed by atoms with Gasteiger partial charge in [-0.15, -0.1) is 0 Å². The van der Waals surface area contributed by atoms with Gasteiger partial charge in [0.1, 0.15) is 11.6 Å². The Morgan fingerprint density at radius 3 is 2.68 bits per heavy atom. The molecule has 1 N–H and O–H groups in total. The van der Waals surface area contributed by atoms with E-state index in [2.05, 4.69) is 19.2 Å². The fraction of sp³-hybridized carbons (Fsp3) is 0.458. The summed E-state index contributed by atoms with van der Waals surface area (Å²) in [6.45, 7) is 6.35. The predicted molar refractivity (Wildman–Crippen MR) is 121 cm³/mol. The largest absolute Gasteiger partial charge is 0.497 e. The van der Waals surface area contributed by atoms with Crippen molar-refractivity contribution in [1.29, 1.82) is 0 Å². The zero-order valence-corrected chi connectivity index (χ0v) is 18.9. The number of carbonyl (C=O) groups is 1. The second kappa shape index (κ2) is 8.57. The second-order valence-corrected chi connectivity index (χ2v) is 8.00. The number of aryl methyl sites for hydroxylation is 2. The maximum atomic E-state index is 12.6. The summed E-state index contributed by atoms with van der Waals surface area (Å²) in [6, 6.07) is 5.81. The minimum absolute atomic E-state index is 0.370. The third-order valence-corrected chi connectivity index (χ3v) is 6.19. The van der Waals surface area contributed by atoms with Crippen LogP contribution in [-0.2, 0) is 17.6 Å². The molecule has 7 nitrogen and oxygen atoms in total. The molecule has 0 unspecified atom stereocenters. The van der Waals surface area contributed by atoms with Crippen LogP contribution in [0.25, 0.3) is 16.8 Å². The maximum absolute atomic E-state index is 12.6. The topological polar surface area (TPSA) is 77.8 Å². The number of methoxy groups -OCH3 is 2. The molecule has 2 heterocycles. The lowest BCUT2D eigenvalue weighted by molar-refractivity contribution is 0.0601. The van der Waals surface area contributed by atoms with Gasteiger partial charge in [-0.2, -0.15) is 9.61 Å². The molecule has 164 valence electrons. The summed E-state index contributed by atoms with van der Waals surface area (Å²) in [7, 11) is 2.97. The monoisotopic (exact) mass is 422 g/mol. The zero-order valence-electron chi connectivity index (χ0n) is 18.9. The van der Waals surface area contributed by atoms with Gasteiger partial charge in [0.25, 0.3) is 0 Å². The Balaban J connectivity index is 1.98. The van der Waals surface area contributed by atoms with E-state index in [0.29, 0.717) is 17.4 Å². The van der Waals surface area contributed by atoms with E-state index < -0.39 is 5.97 Å². The van der Waals surface area contributed by atoms with Crippen LogP contribution in [0.4, 0.5) is 5.82 Å². The van der Waals surface area contributed by atoms with Gasteiger partial charge in [0.05, 0.1) is 31.0 Å². The summed E-state index contributed by atoms with van der Waals surface area (Å²) in [5.74, 6) is 1.22. The van der Waals surface area contributed by atoms with Crippen LogP contribution in [0, 0.1) is 6.92 Å². The molecular formula is C24H30N4O3. The van der Waals surface area contributed by atoms with Crippen LogP contribution < -0.4 is 10.1 Å². The molecule has 0 aliphatic heterocycles. The number of rotatable bonds is 7. The summed E-state index contributed by atoms with van der Waals surface area (Å²) in [5, 5.41) is 8.60. The molecule has 0 atom stereocenters. The number of nitrogens with zero attached hydrogens (tertiary/aromatic N) is 3. The van der Waals surface area contributed by atoms with Crippen LogP contribution in [0.2, 0.25) is 0 Å². The molecule has 1 aromatic carbocycles. The van der Waals surface area contributed by atoms with Crippen LogP contribution in [0.15, 0.2) is 18.2 Å². The van der Waals surface area contributed by atoms with E-state index in [0.717, 1.165) is 66.1 Å². The first kappa shape index (κ1) is 21.2. The van der Waals surface area contributed by atoms with Gasteiger partial charge in [-0.05, 0) is 57.2 Å². The van der Waals surface area contributed by atoms with Gasteiger partial charge >= 0.3 is 5.97 Å². The molecule has 3 aromatic rings. The Morgan fingerprint density at radius 2 is 2.00 bits per heavy atom. The van der Waals surface area contributed by atoms with Crippen molar-refractivity contribution < 1.29 is 14.3 Å². The van der Waals surface area contributed by atoms with Crippen LogP contribution in [0.1, 0.15) is 60.4 Å². The number of ether oxygens (including phenoxy) is 2. The third-order valence-electron chi connectivity index (χ3n) is 6.19. The fourth-order valence-electron chi connectivity index (χ4n) is 4.43. The van der Waals surface area contributed by atoms with Crippen molar-refractivity contribution >= 4 is 17.4 Å². The van der Waals surface area contributed by atoms with Crippen molar-refractivity contribution in [2.45, 2.75) is 58.9 Å². The van der Waals surface area contributed by atoms with Gasteiger partial charge in [0, 0.05) is 22.9 Å². The Bertz CT molecular complexity index is 1130. The van der Waals surface area contributed by atoms with Gasteiger partial charge in [-0.3, -0.25) is 0 Å². The quantitative estimate of drug-likeness (QED) is 0.561. The van der Waals surface area contributed by atoms with Crippen molar-refractivity contribution in [2.75, 3.05) is 19.5 Å². The molecule has 7 heteroatoms. The highest BCUT2D eigenvalue weighted by molar-refractivity contribution is 6.00. The molecule has 31 heavy (non-hydrogen) atoms. The minimum Gasteiger partial charge on any atom is -0.497 e. The molecule has 0 bridgehead atoms.